The first-order valence-corrected chi connectivity index (χ1v) is 9.44. The first kappa shape index (κ1) is 17.0. The minimum atomic E-state index is -0.0363. The van der Waals surface area contributed by atoms with Crippen LogP contribution in [0.25, 0.3) is 0 Å². The quantitative estimate of drug-likeness (QED) is 0.850. The van der Waals surface area contributed by atoms with Gasteiger partial charge in [0, 0.05) is 51.2 Å². The van der Waals surface area contributed by atoms with E-state index in [0.29, 0.717) is 12.3 Å². The molecule has 1 amide bonds. The molecule has 4 heterocycles. The van der Waals surface area contributed by atoms with Gasteiger partial charge in [0.15, 0.2) is 0 Å². The number of likely N-dealkylation sites (tertiary alicyclic amines) is 1. The van der Waals surface area contributed by atoms with Gasteiger partial charge in [-0.1, -0.05) is 19.9 Å². The molecular formula is C21H26N4O. The first-order valence-electron chi connectivity index (χ1n) is 9.44. The lowest BCUT2D eigenvalue weighted by Gasteiger charge is -2.26. The molecule has 0 aliphatic carbocycles. The number of nitrogens with zero attached hydrogens (tertiary/aromatic N) is 4. The van der Waals surface area contributed by atoms with Crippen molar-refractivity contribution >= 4 is 11.6 Å². The van der Waals surface area contributed by atoms with Crippen LogP contribution in [0, 0.1) is 5.92 Å². The van der Waals surface area contributed by atoms with Crippen molar-refractivity contribution in [3.63, 3.8) is 0 Å². The first-order chi connectivity index (χ1) is 12.6. The summed E-state index contributed by atoms with van der Waals surface area (Å²) in [7, 11) is 0. The van der Waals surface area contributed by atoms with Crippen molar-refractivity contribution < 1.29 is 4.79 Å². The van der Waals surface area contributed by atoms with E-state index in [4.69, 9.17) is 4.98 Å². The highest BCUT2D eigenvalue weighted by Gasteiger charge is 2.49. The van der Waals surface area contributed by atoms with Crippen LogP contribution < -0.4 is 4.90 Å². The molecule has 4 rings (SSSR count). The molecule has 1 saturated heterocycles. The van der Waals surface area contributed by atoms with E-state index >= 15 is 0 Å². The Morgan fingerprint density at radius 3 is 2.85 bits per heavy atom. The van der Waals surface area contributed by atoms with Gasteiger partial charge in [0.25, 0.3) is 0 Å². The molecule has 0 saturated carbocycles. The smallest absolute Gasteiger partial charge is 0.222 e. The summed E-state index contributed by atoms with van der Waals surface area (Å²) >= 11 is 0. The van der Waals surface area contributed by atoms with E-state index in [1.165, 1.54) is 11.3 Å². The Bertz CT molecular complexity index is 792. The lowest BCUT2D eigenvalue weighted by Crippen LogP contribution is -2.38. The van der Waals surface area contributed by atoms with E-state index in [-0.39, 0.29) is 11.3 Å². The molecule has 2 aromatic heterocycles. The van der Waals surface area contributed by atoms with Crippen molar-refractivity contribution in [3.05, 3.63) is 54.1 Å². The lowest BCUT2D eigenvalue weighted by atomic mass is 9.85. The number of hydrogen-bond donors (Lipinski definition) is 0. The molecule has 136 valence electrons. The number of pyridine rings is 2. The van der Waals surface area contributed by atoms with Gasteiger partial charge < -0.3 is 9.80 Å². The van der Waals surface area contributed by atoms with Gasteiger partial charge in [0.2, 0.25) is 5.91 Å². The number of anilines is 1. The molecule has 2 aliphatic heterocycles. The number of carbonyl (C=O) groups is 1. The van der Waals surface area contributed by atoms with E-state index in [0.717, 1.165) is 38.3 Å². The van der Waals surface area contributed by atoms with Crippen LogP contribution in [0.4, 0.5) is 5.69 Å². The molecule has 0 aromatic carbocycles. The van der Waals surface area contributed by atoms with Crippen LogP contribution in [0.15, 0.2) is 42.9 Å². The third-order valence-corrected chi connectivity index (χ3v) is 5.51. The van der Waals surface area contributed by atoms with Crippen LogP contribution in [0.2, 0.25) is 0 Å². The van der Waals surface area contributed by atoms with Crippen molar-refractivity contribution in [2.45, 2.75) is 38.6 Å². The molecule has 2 aromatic rings. The Labute approximate surface area is 155 Å². The molecule has 1 atom stereocenters. The van der Waals surface area contributed by atoms with Crippen molar-refractivity contribution in [2.75, 3.05) is 24.5 Å². The highest BCUT2D eigenvalue weighted by Crippen LogP contribution is 2.45. The number of hydrogen-bond acceptors (Lipinski definition) is 4. The topological polar surface area (TPSA) is 49.3 Å². The van der Waals surface area contributed by atoms with E-state index in [9.17, 15) is 4.79 Å². The third kappa shape index (κ3) is 3.06. The van der Waals surface area contributed by atoms with Gasteiger partial charge in [0.05, 0.1) is 16.8 Å². The fraction of sp³-hybridized carbons (Fsp3) is 0.476. The van der Waals surface area contributed by atoms with Gasteiger partial charge in [0.1, 0.15) is 0 Å². The number of fused-ring (bicyclic) bond motifs is 2. The second-order valence-corrected chi connectivity index (χ2v) is 8.03. The number of aromatic nitrogens is 2. The summed E-state index contributed by atoms with van der Waals surface area (Å²) in [6, 6.07) is 8.26. The summed E-state index contributed by atoms with van der Waals surface area (Å²) < 4.78 is 0. The third-order valence-electron chi connectivity index (χ3n) is 5.51. The molecule has 1 fully saturated rings. The summed E-state index contributed by atoms with van der Waals surface area (Å²) in [5.74, 6) is 0.676. The summed E-state index contributed by atoms with van der Waals surface area (Å²) in [4.78, 5) is 26.0. The molecule has 0 bridgehead atoms. The molecule has 5 nitrogen and oxygen atoms in total. The summed E-state index contributed by atoms with van der Waals surface area (Å²) in [6.07, 6.45) is 7.23. The minimum absolute atomic E-state index is 0.0363. The number of amides is 1. The molecule has 1 spiro atoms. The van der Waals surface area contributed by atoms with Crippen molar-refractivity contribution in [3.8, 4) is 0 Å². The molecule has 0 N–H and O–H groups in total. The SMILES string of the molecule is CC(C)CC(=O)N1CC[C@@]2(C1)CN(Cc1cccnc1)c1cccnc12. The fourth-order valence-corrected chi connectivity index (χ4v) is 4.33. The maximum Gasteiger partial charge on any atom is 0.222 e. The molecular weight excluding hydrogens is 324 g/mol. The largest absolute Gasteiger partial charge is 0.365 e. The summed E-state index contributed by atoms with van der Waals surface area (Å²) in [6.45, 7) is 7.57. The molecule has 0 radical (unpaired) electrons. The van der Waals surface area contributed by atoms with Gasteiger partial charge in [-0.3, -0.25) is 14.8 Å². The zero-order chi connectivity index (χ0) is 18.1. The summed E-state index contributed by atoms with van der Waals surface area (Å²) in [5, 5.41) is 0. The van der Waals surface area contributed by atoms with E-state index < -0.39 is 0 Å². The Balaban J connectivity index is 1.58. The molecule has 2 aliphatic rings. The van der Waals surface area contributed by atoms with Gasteiger partial charge in [-0.2, -0.15) is 0 Å². The van der Waals surface area contributed by atoms with Crippen molar-refractivity contribution in [2.24, 2.45) is 5.92 Å². The van der Waals surface area contributed by atoms with E-state index in [1.807, 2.05) is 29.4 Å². The van der Waals surface area contributed by atoms with Crippen LogP contribution in [-0.2, 0) is 16.8 Å². The van der Waals surface area contributed by atoms with E-state index in [1.54, 1.807) is 6.20 Å². The average molecular weight is 350 g/mol. The zero-order valence-electron chi connectivity index (χ0n) is 15.6. The number of rotatable bonds is 4. The Morgan fingerprint density at radius 2 is 2.08 bits per heavy atom. The Hall–Kier alpha value is -2.43. The van der Waals surface area contributed by atoms with E-state index in [2.05, 4.69) is 35.9 Å². The van der Waals surface area contributed by atoms with Gasteiger partial charge in [-0.25, -0.2) is 0 Å². The second-order valence-electron chi connectivity index (χ2n) is 8.03. The average Bonchev–Trinajstić information content (AvgIpc) is 3.19. The molecule has 0 unspecified atom stereocenters. The van der Waals surface area contributed by atoms with Crippen LogP contribution in [0.1, 0.15) is 37.9 Å². The maximum absolute atomic E-state index is 12.6. The molecule has 5 heteroatoms. The summed E-state index contributed by atoms with van der Waals surface area (Å²) in [5.41, 5.74) is 3.52. The van der Waals surface area contributed by atoms with Gasteiger partial charge in [-0.05, 0) is 36.1 Å². The van der Waals surface area contributed by atoms with Crippen LogP contribution >= 0.6 is 0 Å². The second kappa shape index (κ2) is 6.71. The number of carbonyl (C=O) groups excluding carboxylic acids is 1. The minimum Gasteiger partial charge on any atom is -0.365 e. The highest BCUT2D eigenvalue weighted by atomic mass is 16.2. The Kier molecular flexibility index (Phi) is 4.39. The predicted molar refractivity (Wildman–Crippen MR) is 102 cm³/mol. The monoisotopic (exact) mass is 350 g/mol. The standard InChI is InChI=1S/C21H26N4O/c1-16(2)11-19(26)24-10-7-21(14-24)15-25(13-17-5-3-8-22-12-17)18-6-4-9-23-20(18)21/h3-6,8-9,12,16H,7,10-11,13-15H2,1-2H3/t21-/m1/s1. The van der Waals surface area contributed by atoms with Gasteiger partial charge in [-0.15, -0.1) is 0 Å². The molecule has 26 heavy (non-hydrogen) atoms. The van der Waals surface area contributed by atoms with Gasteiger partial charge >= 0.3 is 0 Å². The maximum atomic E-state index is 12.6. The highest BCUT2D eigenvalue weighted by molar-refractivity contribution is 5.77. The zero-order valence-corrected chi connectivity index (χ0v) is 15.6. The van der Waals surface area contributed by atoms with Crippen LogP contribution in [0.5, 0.6) is 0 Å². The van der Waals surface area contributed by atoms with Crippen LogP contribution in [-0.4, -0.2) is 40.4 Å². The van der Waals surface area contributed by atoms with Crippen LogP contribution in [0.3, 0.4) is 0 Å². The lowest BCUT2D eigenvalue weighted by molar-refractivity contribution is -0.131. The Morgan fingerprint density at radius 1 is 1.23 bits per heavy atom. The van der Waals surface area contributed by atoms with Crippen molar-refractivity contribution in [1.82, 2.24) is 14.9 Å². The normalized spacial score (nSPS) is 21.7. The van der Waals surface area contributed by atoms with Crippen molar-refractivity contribution in [1.29, 1.82) is 0 Å². The fourth-order valence-electron chi connectivity index (χ4n) is 4.33. The predicted octanol–water partition coefficient (Wildman–Crippen LogP) is 3.01.